The Kier molecular flexibility index (Phi) is 6.12. The van der Waals surface area contributed by atoms with E-state index in [-0.39, 0.29) is 5.69 Å². The maximum absolute atomic E-state index is 12.3. The topological polar surface area (TPSA) is 76.7 Å². The minimum absolute atomic E-state index is 0.0393. The van der Waals surface area contributed by atoms with E-state index >= 15 is 0 Å². The molecule has 140 valence electrons. The maximum atomic E-state index is 12.3. The van der Waals surface area contributed by atoms with Gasteiger partial charge in [0, 0.05) is 59.2 Å². The highest BCUT2D eigenvalue weighted by atomic mass is 16.5. The van der Waals surface area contributed by atoms with Crippen LogP contribution in [0.25, 0.3) is 0 Å². The molecule has 25 heavy (non-hydrogen) atoms. The summed E-state index contributed by atoms with van der Waals surface area (Å²) in [5, 5.41) is 7.86. The number of aliphatic imine (C=N–C) groups is 1. The van der Waals surface area contributed by atoms with Crippen LogP contribution >= 0.6 is 0 Å². The van der Waals surface area contributed by atoms with Crippen LogP contribution < -0.4 is 11.0 Å². The van der Waals surface area contributed by atoms with Gasteiger partial charge in [0.25, 0.3) is 0 Å². The van der Waals surface area contributed by atoms with Gasteiger partial charge in [-0.25, -0.2) is 9.48 Å². The Labute approximate surface area is 148 Å². The molecule has 0 spiro atoms. The smallest absolute Gasteiger partial charge is 0.345 e. The Bertz CT molecular complexity index is 644. The van der Waals surface area contributed by atoms with Crippen molar-refractivity contribution < 1.29 is 4.74 Å². The summed E-state index contributed by atoms with van der Waals surface area (Å²) in [5.74, 6) is 2.42. The Morgan fingerprint density at radius 3 is 3.08 bits per heavy atom. The van der Waals surface area contributed by atoms with Crippen molar-refractivity contribution in [3.05, 3.63) is 16.3 Å². The number of guanidine groups is 1. The van der Waals surface area contributed by atoms with Crippen LogP contribution in [-0.4, -0.2) is 65.6 Å². The van der Waals surface area contributed by atoms with E-state index in [9.17, 15) is 4.79 Å². The normalized spacial score (nSPS) is 20.6. The van der Waals surface area contributed by atoms with Gasteiger partial charge in [-0.2, -0.15) is 5.10 Å². The number of fused-ring (bicyclic) bond motifs is 1. The number of hydrogen-bond donors (Lipinski definition) is 1. The molecule has 1 unspecified atom stereocenters. The van der Waals surface area contributed by atoms with Crippen molar-refractivity contribution in [3.63, 3.8) is 0 Å². The molecule has 0 saturated carbocycles. The third-order valence-corrected chi connectivity index (χ3v) is 4.99. The van der Waals surface area contributed by atoms with Crippen LogP contribution in [0.15, 0.2) is 9.79 Å². The van der Waals surface area contributed by atoms with Gasteiger partial charge in [0.05, 0.1) is 6.61 Å². The molecule has 3 heterocycles. The second-order valence-electron chi connectivity index (χ2n) is 6.97. The lowest BCUT2D eigenvalue weighted by molar-refractivity contribution is 0.181. The Morgan fingerprint density at radius 1 is 1.48 bits per heavy atom. The number of hydrogen-bond acceptors (Lipinski definition) is 4. The molecule has 2 aliphatic heterocycles. The maximum Gasteiger partial charge on any atom is 0.345 e. The fourth-order valence-corrected chi connectivity index (χ4v) is 3.61. The van der Waals surface area contributed by atoms with Gasteiger partial charge in [-0.05, 0) is 25.7 Å². The zero-order valence-electron chi connectivity index (χ0n) is 15.4. The van der Waals surface area contributed by atoms with Gasteiger partial charge in [0.2, 0.25) is 0 Å². The molecule has 0 bridgehead atoms. The van der Waals surface area contributed by atoms with Crippen LogP contribution in [0.4, 0.5) is 0 Å². The highest BCUT2D eigenvalue weighted by Gasteiger charge is 2.19. The Hall–Kier alpha value is -1.83. The average Bonchev–Trinajstić information content (AvgIpc) is 3.23. The molecule has 3 rings (SSSR count). The van der Waals surface area contributed by atoms with Crippen LogP contribution in [0.1, 0.15) is 31.5 Å². The highest BCUT2D eigenvalue weighted by Crippen LogP contribution is 2.13. The van der Waals surface area contributed by atoms with Crippen LogP contribution in [0.3, 0.4) is 0 Å². The summed E-state index contributed by atoms with van der Waals surface area (Å²) < 4.78 is 8.88. The molecule has 1 aromatic heterocycles. The van der Waals surface area contributed by atoms with Crippen molar-refractivity contribution in [1.29, 1.82) is 0 Å². The first-order valence-corrected chi connectivity index (χ1v) is 9.35. The number of aromatic nitrogens is 3. The lowest BCUT2D eigenvalue weighted by atomic mass is 10.1. The standard InChI is InChI=1S/C17H30N6O2/c1-18-16(21(2)12-14-7-11-25-13-14)19-8-5-10-23-17(24)22-9-4-3-6-15(22)20-23/h14H,3-13H2,1-2H3,(H,18,19). The van der Waals surface area contributed by atoms with Crippen LogP contribution in [0, 0.1) is 5.92 Å². The van der Waals surface area contributed by atoms with E-state index in [1.165, 1.54) is 0 Å². The molecule has 0 aromatic carbocycles. The summed E-state index contributed by atoms with van der Waals surface area (Å²) in [4.78, 5) is 18.8. The van der Waals surface area contributed by atoms with Crippen molar-refractivity contribution >= 4 is 5.96 Å². The third-order valence-electron chi connectivity index (χ3n) is 4.99. The monoisotopic (exact) mass is 350 g/mol. The molecule has 1 saturated heterocycles. The Morgan fingerprint density at radius 2 is 2.36 bits per heavy atom. The molecule has 0 aliphatic carbocycles. The third kappa shape index (κ3) is 4.42. The predicted molar refractivity (Wildman–Crippen MR) is 97.0 cm³/mol. The van der Waals surface area contributed by atoms with E-state index in [1.807, 2.05) is 4.57 Å². The fraction of sp³-hybridized carbons (Fsp3) is 0.824. The minimum atomic E-state index is 0.0393. The van der Waals surface area contributed by atoms with Crippen LogP contribution in [-0.2, 0) is 24.2 Å². The van der Waals surface area contributed by atoms with Crippen LogP contribution in [0.2, 0.25) is 0 Å². The van der Waals surface area contributed by atoms with Gasteiger partial charge in [-0.3, -0.25) is 9.56 Å². The molecule has 1 aromatic rings. The molecule has 2 aliphatic rings. The molecular weight excluding hydrogens is 320 g/mol. The lowest BCUT2D eigenvalue weighted by Gasteiger charge is -2.24. The van der Waals surface area contributed by atoms with Crippen molar-refractivity contribution in [3.8, 4) is 0 Å². The molecule has 0 amide bonds. The predicted octanol–water partition coefficient (Wildman–Crippen LogP) is 0.315. The van der Waals surface area contributed by atoms with Crippen LogP contribution in [0.5, 0.6) is 0 Å². The van der Waals surface area contributed by atoms with Gasteiger partial charge in [-0.1, -0.05) is 0 Å². The molecular formula is C17H30N6O2. The van der Waals surface area contributed by atoms with Gasteiger partial charge in [0.15, 0.2) is 5.96 Å². The molecule has 8 nitrogen and oxygen atoms in total. The number of aryl methyl sites for hydroxylation is 2. The first-order chi connectivity index (χ1) is 12.2. The highest BCUT2D eigenvalue weighted by molar-refractivity contribution is 5.79. The lowest BCUT2D eigenvalue weighted by Crippen LogP contribution is -2.42. The molecule has 8 heteroatoms. The molecule has 0 radical (unpaired) electrons. The van der Waals surface area contributed by atoms with E-state index in [1.54, 1.807) is 11.7 Å². The van der Waals surface area contributed by atoms with Gasteiger partial charge in [-0.15, -0.1) is 0 Å². The number of rotatable bonds is 6. The summed E-state index contributed by atoms with van der Waals surface area (Å²) in [6.07, 6.45) is 5.09. The number of nitrogens with one attached hydrogen (secondary N) is 1. The molecule has 1 fully saturated rings. The van der Waals surface area contributed by atoms with E-state index in [0.717, 1.165) is 76.7 Å². The summed E-state index contributed by atoms with van der Waals surface area (Å²) in [6.45, 7) is 4.89. The second kappa shape index (κ2) is 8.51. The summed E-state index contributed by atoms with van der Waals surface area (Å²) in [6, 6.07) is 0. The Balaban J connectivity index is 1.44. The first-order valence-electron chi connectivity index (χ1n) is 9.35. The summed E-state index contributed by atoms with van der Waals surface area (Å²) >= 11 is 0. The van der Waals surface area contributed by atoms with E-state index in [2.05, 4.69) is 27.4 Å². The average molecular weight is 350 g/mol. The first kappa shape index (κ1) is 18.0. The number of ether oxygens (including phenoxy) is 1. The SMILES string of the molecule is CN=C(NCCCn1nc2n(c1=O)CCCC2)N(C)CC1CCOC1. The fourth-order valence-electron chi connectivity index (χ4n) is 3.61. The zero-order valence-corrected chi connectivity index (χ0v) is 15.4. The van der Waals surface area contributed by atoms with Gasteiger partial charge < -0.3 is 15.0 Å². The van der Waals surface area contributed by atoms with E-state index in [0.29, 0.717) is 12.5 Å². The summed E-state index contributed by atoms with van der Waals surface area (Å²) in [5.41, 5.74) is 0.0393. The molecule has 1 N–H and O–H groups in total. The number of nitrogens with zero attached hydrogens (tertiary/aromatic N) is 5. The van der Waals surface area contributed by atoms with Crippen molar-refractivity contribution in [2.24, 2.45) is 10.9 Å². The summed E-state index contributed by atoms with van der Waals surface area (Å²) in [7, 11) is 3.86. The largest absolute Gasteiger partial charge is 0.381 e. The van der Waals surface area contributed by atoms with E-state index in [4.69, 9.17) is 4.74 Å². The van der Waals surface area contributed by atoms with Crippen molar-refractivity contribution in [2.75, 3.05) is 40.4 Å². The van der Waals surface area contributed by atoms with Crippen molar-refractivity contribution in [2.45, 2.75) is 45.2 Å². The zero-order chi connectivity index (χ0) is 17.6. The van der Waals surface area contributed by atoms with Crippen molar-refractivity contribution in [1.82, 2.24) is 24.6 Å². The van der Waals surface area contributed by atoms with Gasteiger partial charge in [0.1, 0.15) is 5.82 Å². The second-order valence-corrected chi connectivity index (χ2v) is 6.97. The quantitative estimate of drug-likeness (QED) is 0.454. The van der Waals surface area contributed by atoms with Gasteiger partial charge >= 0.3 is 5.69 Å². The minimum Gasteiger partial charge on any atom is -0.381 e. The molecule has 1 atom stereocenters. The van der Waals surface area contributed by atoms with E-state index < -0.39 is 0 Å².